The Hall–Kier alpha value is 0.870. The molecule has 0 heterocycles. The van der Waals surface area contributed by atoms with Crippen LogP contribution in [0.1, 0.15) is 40.5 Å². The topological polar surface area (TPSA) is 0 Å². The van der Waals surface area contributed by atoms with Gasteiger partial charge in [0.2, 0.25) is 0 Å². The monoisotopic (exact) mass is 424 g/mol. The average molecular weight is 423 g/mol. The van der Waals surface area contributed by atoms with Crippen LogP contribution in [0.15, 0.2) is 0 Å². The van der Waals surface area contributed by atoms with Crippen LogP contribution in [0.4, 0.5) is 0 Å². The first kappa shape index (κ1) is 24.9. The summed E-state index contributed by atoms with van der Waals surface area (Å²) < 4.78 is 0. The molecule has 2 aliphatic rings. The van der Waals surface area contributed by atoms with Crippen LogP contribution in [-0.2, 0) is 25.8 Å². The van der Waals surface area contributed by atoms with Gasteiger partial charge >= 0.3 is 25.8 Å². The van der Waals surface area contributed by atoms with Gasteiger partial charge in [-0.05, 0) is 64.2 Å². The van der Waals surface area contributed by atoms with E-state index in [1.165, 1.54) is 12.8 Å². The van der Waals surface area contributed by atoms with Gasteiger partial charge < -0.3 is 12.8 Å². The SMILES string of the molecule is C[CH-]CC.C[CH-]CC.[CH]1[CH][CH][CH][CH]1.[CH]1[CH][CH][CH][CH]1.[Hf+4]. The van der Waals surface area contributed by atoms with Crippen molar-refractivity contribution in [2.45, 2.75) is 40.5 Å². The molecule has 2 rings (SSSR count). The summed E-state index contributed by atoms with van der Waals surface area (Å²) >= 11 is 0. The van der Waals surface area contributed by atoms with Crippen molar-refractivity contribution in [2.75, 3.05) is 0 Å². The Labute approximate surface area is 143 Å². The van der Waals surface area contributed by atoms with Crippen molar-refractivity contribution in [3.63, 3.8) is 0 Å². The van der Waals surface area contributed by atoms with E-state index in [2.05, 4.69) is 40.5 Å². The number of hydrogen-bond acceptors (Lipinski definition) is 0. The second kappa shape index (κ2) is 27.3. The Morgan fingerprint density at radius 2 is 0.632 bits per heavy atom. The Balaban J connectivity index is -0.000000178. The molecule has 0 aromatic carbocycles. The van der Waals surface area contributed by atoms with E-state index in [1.54, 1.807) is 0 Å². The molecule has 1 heteroatoms. The van der Waals surface area contributed by atoms with Gasteiger partial charge in [0.05, 0.1) is 0 Å². The maximum atomic E-state index is 2.12. The first-order valence-corrected chi connectivity index (χ1v) is 6.72. The van der Waals surface area contributed by atoms with E-state index in [0.29, 0.717) is 0 Å². The van der Waals surface area contributed by atoms with Gasteiger partial charge in [-0.2, -0.15) is 26.7 Å². The summed E-state index contributed by atoms with van der Waals surface area (Å²) in [6.07, 6.45) is 26.6. The van der Waals surface area contributed by atoms with Crippen LogP contribution in [0.25, 0.3) is 0 Å². The second-order valence-electron chi connectivity index (χ2n) is 3.56. The van der Waals surface area contributed by atoms with Crippen LogP contribution >= 0.6 is 0 Å². The number of rotatable bonds is 2. The summed E-state index contributed by atoms with van der Waals surface area (Å²) in [5, 5.41) is 0. The molecule has 0 aromatic rings. The van der Waals surface area contributed by atoms with E-state index in [0.717, 1.165) is 0 Å². The Morgan fingerprint density at radius 1 is 0.526 bits per heavy atom. The molecule has 2 fully saturated rings. The van der Waals surface area contributed by atoms with Crippen molar-refractivity contribution in [2.24, 2.45) is 0 Å². The Morgan fingerprint density at radius 3 is 0.684 bits per heavy atom. The maximum absolute atomic E-state index is 2.12. The van der Waals surface area contributed by atoms with Crippen LogP contribution < -0.4 is 0 Å². The fourth-order valence-electron chi connectivity index (χ4n) is 0.642. The Kier molecular flexibility index (Phi) is 35.7. The molecule has 10 radical (unpaired) electrons. The minimum atomic E-state index is 0. The minimum absolute atomic E-state index is 0. The second-order valence-corrected chi connectivity index (χ2v) is 3.56. The van der Waals surface area contributed by atoms with Crippen LogP contribution in [0.5, 0.6) is 0 Å². The molecule has 0 bridgehead atoms. The fraction of sp³-hybridized carbons (Fsp3) is 0.333. The molecule has 0 nitrogen and oxygen atoms in total. The van der Waals surface area contributed by atoms with E-state index in [9.17, 15) is 0 Å². The molecule has 19 heavy (non-hydrogen) atoms. The molecular formula is C18H28Hf+2. The van der Waals surface area contributed by atoms with Crippen molar-refractivity contribution >= 4 is 0 Å². The van der Waals surface area contributed by atoms with Gasteiger partial charge in [0.15, 0.2) is 0 Å². The summed E-state index contributed by atoms with van der Waals surface area (Å²) in [4.78, 5) is 0. The molecule has 2 saturated carbocycles. The van der Waals surface area contributed by atoms with Crippen molar-refractivity contribution < 1.29 is 25.8 Å². The first-order chi connectivity index (χ1) is 8.83. The van der Waals surface area contributed by atoms with Crippen LogP contribution in [-0.4, -0.2) is 0 Å². The summed E-state index contributed by atoms with van der Waals surface area (Å²) in [6.45, 7) is 8.36. The van der Waals surface area contributed by atoms with Gasteiger partial charge in [0.1, 0.15) is 0 Å². The molecule has 2 aliphatic carbocycles. The molecular weight excluding hydrogens is 395 g/mol. The van der Waals surface area contributed by atoms with Gasteiger partial charge in [-0.25, -0.2) is 0 Å². The van der Waals surface area contributed by atoms with E-state index in [-0.39, 0.29) is 25.8 Å². The molecule has 0 aliphatic heterocycles. The van der Waals surface area contributed by atoms with Crippen molar-refractivity contribution in [3.05, 3.63) is 77.0 Å². The van der Waals surface area contributed by atoms with E-state index >= 15 is 0 Å². The van der Waals surface area contributed by atoms with E-state index < -0.39 is 0 Å². The third kappa shape index (κ3) is 32.4. The van der Waals surface area contributed by atoms with E-state index in [4.69, 9.17) is 0 Å². The maximum Gasteiger partial charge on any atom is 4.00 e. The van der Waals surface area contributed by atoms with Gasteiger partial charge in [0.25, 0.3) is 0 Å². The average Bonchev–Trinajstić information content (AvgIpc) is 3.14. The summed E-state index contributed by atoms with van der Waals surface area (Å²) in [5.74, 6) is 0. The third-order valence-electron chi connectivity index (χ3n) is 1.93. The van der Waals surface area contributed by atoms with Gasteiger partial charge in [-0.3, -0.25) is 0 Å². The molecule has 0 saturated heterocycles. The zero-order chi connectivity index (χ0) is 13.9. The summed E-state index contributed by atoms with van der Waals surface area (Å²) in [6, 6.07) is 0. The predicted octanol–water partition coefficient (Wildman–Crippen LogP) is 5.28. The molecule has 0 unspecified atom stereocenters. The van der Waals surface area contributed by atoms with Crippen LogP contribution in [0.2, 0.25) is 0 Å². The largest absolute Gasteiger partial charge is 4.00 e. The van der Waals surface area contributed by atoms with Crippen molar-refractivity contribution in [1.82, 2.24) is 0 Å². The molecule has 0 aromatic heterocycles. The summed E-state index contributed by atoms with van der Waals surface area (Å²) in [5.41, 5.74) is 0. The van der Waals surface area contributed by atoms with Crippen LogP contribution in [0, 0.1) is 77.0 Å². The smallest absolute Gasteiger partial charge is 0.332 e. The zero-order valence-corrected chi connectivity index (χ0v) is 16.4. The predicted molar refractivity (Wildman–Crippen MR) is 83.5 cm³/mol. The molecule has 0 amide bonds. The summed E-state index contributed by atoms with van der Waals surface area (Å²) in [7, 11) is 0. The Bertz CT molecular complexity index is 71.0. The van der Waals surface area contributed by atoms with Crippen molar-refractivity contribution in [3.8, 4) is 0 Å². The van der Waals surface area contributed by atoms with Gasteiger partial charge in [0, 0.05) is 0 Å². The normalized spacial score (nSPS) is 15.8. The van der Waals surface area contributed by atoms with Gasteiger partial charge in [-0.15, -0.1) is 0 Å². The molecule has 0 atom stereocenters. The minimum Gasteiger partial charge on any atom is -0.332 e. The van der Waals surface area contributed by atoms with Gasteiger partial charge in [-0.1, -0.05) is 13.8 Å². The van der Waals surface area contributed by atoms with Crippen molar-refractivity contribution in [1.29, 1.82) is 0 Å². The third-order valence-corrected chi connectivity index (χ3v) is 1.93. The standard InChI is InChI=1S/2C5H5.2C4H9.Hf/c2*1-2-4-5-3-1;2*1-3-4-2;/h2*1-5H;2*3H,4H2,1-2H3;/q;;2*-1;+4. The van der Waals surface area contributed by atoms with E-state index in [1.807, 2.05) is 64.2 Å². The quantitative estimate of drug-likeness (QED) is 0.419. The zero-order valence-electron chi connectivity index (χ0n) is 12.8. The molecule has 0 spiro atoms. The number of hydrogen-bond donors (Lipinski definition) is 0. The van der Waals surface area contributed by atoms with Crippen LogP contribution in [0.3, 0.4) is 0 Å². The number of unbranched alkanes of at least 4 members (excludes halogenated alkanes) is 2. The molecule has 102 valence electrons. The first-order valence-electron chi connectivity index (χ1n) is 6.72. The fourth-order valence-corrected chi connectivity index (χ4v) is 0.642. The molecule has 0 N–H and O–H groups in total.